The van der Waals surface area contributed by atoms with Crippen LogP contribution in [-0.4, -0.2) is 20.7 Å². The number of carbonyl (C=O) groups excluding carboxylic acids is 1. The number of fused-ring (bicyclic) bond motifs is 1. The molecule has 0 fully saturated rings. The Kier molecular flexibility index (Phi) is 2.27. The highest BCUT2D eigenvalue weighted by Crippen LogP contribution is 2.22. The van der Waals surface area contributed by atoms with Gasteiger partial charge in [-0.15, -0.1) is 5.10 Å². The van der Waals surface area contributed by atoms with Crippen LogP contribution < -0.4 is 16.8 Å². The van der Waals surface area contributed by atoms with E-state index in [1.54, 1.807) is 6.08 Å². The summed E-state index contributed by atoms with van der Waals surface area (Å²) in [6.45, 7) is 0. The average Bonchev–Trinajstić information content (AvgIpc) is 2.96. The Morgan fingerprint density at radius 3 is 3.06 bits per heavy atom. The minimum atomic E-state index is -0.635. The summed E-state index contributed by atoms with van der Waals surface area (Å²) in [6, 6.07) is 0. The molecular formula is C11H12N6O. The van der Waals surface area contributed by atoms with Gasteiger partial charge in [-0.05, 0) is 6.42 Å². The van der Waals surface area contributed by atoms with Crippen LogP contribution in [-0.2, 0) is 4.79 Å². The number of nitrogens with two attached hydrogens (primary N) is 2. The molecule has 0 radical (unpaired) electrons. The van der Waals surface area contributed by atoms with Crippen molar-refractivity contribution in [2.45, 2.75) is 12.7 Å². The lowest BCUT2D eigenvalue weighted by atomic mass is 10.2. The van der Waals surface area contributed by atoms with Gasteiger partial charge in [0.2, 0.25) is 0 Å². The second-order valence-electron chi connectivity index (χ2n) is 4.07. The van der Waals surface area contributed by atoms with Crippen LogP contribution >= 0.6 is 0 Å². The number of nitrogens with zero attached hydrogens (tertiary/aromatic N) is 3. The predicted octanol–water partition coefficient (Wildman–Crippen LogP) is -0.534. The molecule has 0 saturated heterocycles. The summed E-state index contributed by atoms with van der Waals surface area (Å²) in [4.78, 5) is 15.5. The fraction of sp³-hybridized carbons (Fsp3) is 0.182. The third-order valence-electron chi connectivity index (χ3n) is 2.82. The molecule has 2 heterocycles. The van der Waals surface area contributed by atoms with Crippen LogP contribution in [0.5, 0.6) is 0 Å². The first-order chi connectivity index (χ1) is 8.65. The van der Waals surface area contributed by atoms with Crippen molar-refractivity contribution in [2.24, 2.45) is 11.5 Å². The van der Waals surface area contributed by atoms with E-state index in [0.717, 1.165) is 12.0 Å². The van der Waals surface area contributed by atoms with Gasteiger partial charge in [0.1, 0.15) is 5.70 Å². The van der Waals surface area contributed by atoms with Crippen LogP contribution in [0.4, 0.5) is 0 Å². The lowest BCUT2D eigenvalue weighted by molar-refractivity contribution is -0.115. The lowest BCUT2D eigenvalue weighted by Gasteiger charge is -2.21. The zero-order valence-corrected chi connectivity index (χ0v) is 9.50. The molecule has 1 aromatic rings. The number of rotatable bonds is 2. The first kappa shape index (κ1) is 10.7. The van der Waals surface area contributed by atoms with Crippen LogP contribution in [0.3, 0.4) is 0 Å². The van der Waals surface area contributed by atoms with Crippen LogP contribution in [0.1, 0.15) is 24.4 Å². The summed E-state index contributed by atoms with van der Waals surface area (Å²) in [6.07, 6.45) is 7.66. The summed E-state index contributed by atoms with van der Waals surface area (Å²) in [5, 5.41) is 7.09. The van der Waals surface area contributed by atoms with Crippen molar-refractivity contribution in [3.8, 4) is 0 Å². The highest BCUT2D eigenvalue weighted by Gasteiger charge is 2.23. The van der Waals surface area contributed by atoms with E-state index in [4.69, 9.17) is 11.5 Å². The quantitative estimate of drug-likeness (QED) is 0.647. The second-order valence-corrected chi connectivity index (χ2v) is 4.07. The van der Waals surface area contributed by atoms with Crippen LogP contribution in [0.2, 0.25) is 0 Å². The molecule has 1 amide bonds. The van der Waals surface area contributed by atoms with Crippen molar-refractivity contribution in [3.63, 3.8) is 0 Å². The highest BCUT2D eigenvalue weighted by atomic mass is 16.1. The summed E-state index contributed by atoms with van der Waals surface area (Å²) in [5.74, 6) is 0.579. The van der Waals surface area contributed by atoms with Crippen molar-refractivity contribution < 1.29 is 4.79 Å². The van der Waals surface area contributed by atoms with E-state index in [0.29, 0.717) is 11.6 Å². The Hall–Kier alpha value is -2.41. The molecule has 3 rings (SSSR count). The number of amides is 1. The topological polar surface area (TPSA) is 112 Å². The van der Waals surface area contributed by atoms with E-state index >= 15 is 0 Å². The molecule has 1 aliphatic heterocycles. The lowest BCUT2D eigenvalue weighted by Crippen LogP contribution is -2.41. The fourth-order valence-electron chi connectivity index (χ4n) is 1.92. The molecule has 7 nitrogen and oxygen atoms in total. The van der Waals surface area contributed by atoms with Crippen LogP contribution in [0.25, 0.3) is 11.6 Å². The first-order valence-corrected chi connectivity index (χ1v) is 5.51. The minimum Gasteiger partial charge on any atom is -0.364 e. The van der Waals surface area contributed by atoms with E-state index in [9.17, 15) is 4.79 Å². The molecular weight excluding hydrogens is 232 g/mol. The van der Waals surface area contributed by atoms with Gasteiger partial charge in [0.15, 0.2) is 17.9 Å². The Labute approximate surface area is 103 Å². The monoisotopic (exact) mass is 244 g/mol. The maximum absolute atomic E-state index is 11.1. The Balaban J connectivity index is 2.02. The van der Waals surface area contributed by atoms with Crippen LogP contribution in [0, 0.1) is 0 Å². The zero-order chi connectivity index (χ0) is 12.7. The summed E-state index contributed by atoms with van der Waals surface area (Å²) in [5.41, 5.74) is 12.3. The number of allylic oxidation sites excluding steroid dienone is 4. The molecule has 0 saturated carbocycles. The van der Waals surface area contributed by atoms with Crippen LogP contribution in [0.15, 0.2) is 23.9 Å². The molecule has 5 N–H and O–H groups in total. The number of hydrogen-bond acceptors (Lipinski definition) is 5. The van der Waals surface area contributed by atoms with Gasteiger partial charge in [-0.2, -0.15) is 0 Å². The van der Waals surface area contributed by atoms with Crippen molar-refractivity contribution in [1.29, 1.82) is 0 Å². The van der Waals surface area contributed by atoms with E-state index in [2.05, 4.69) is 15.4 Å². The molecule has 0 aromatic carbocycles. The Morgan fingerprint density at radius 2 is 2.39 bits per heavy atom. The maximum atomic E-state index is 11.1. The third-order valence-corrected chi connectivity index (χ3v) is 2.82. The smallest absolute Gasteiger partial charge is 0.265 e. The zero-order valence-electron chi connectivity index (χ0n) is 9.50. The maximum Gasteiger partial charge on any atom is 0.265 e. The molecule has 0 spiro atoms. The number of aromatic nitrogens is 3. The van der Waals surface area contributed by atoms with Gasteiger partial charge in [-0.25, -0.2) is 9.67 Å². The van der Waals surface area contributed by atoms with Gasteiger partial charge in [-0.3, -0.25) is 10.5 Å². The number of primary amides is 1. The van der Waals surface area contributed by atoms with Gasteiger partial charge in [0.25, 0.3) is 5.91 Å². The molecule has 1 aliphatic carbocycles. The van der Waals surface area contributed by atoms with Gasteiger partial charge < -0.3 is 11.1 Å². The molecule has 1 aromatic heterocycles. The molecule has 1 unspecified atom stereocenters. The number of carbonyl (C=O) groups is 1. The minimum absolute atomic E-state index is 0.243. The largest absolute Gasteiger partial charge is 0.364 e. The van der Waals surface area contributed by atoms with E-state index in [-0.39, 0.29) is 5.70 Å². The number of nitrogens with one attached hydrogen (secondary N) is 1. The molecule has 1 atom stereocenters. The third kappa shape index (κ3) is 1.61. The summed E-state index contributed by atoms with van der Waals surface area (Å²) in [7, 11) is 0. The molecule has 7 heteroatoms. The van der Waals surface area contributed by atoms with Crippen molar-refractivity contribution in [1.82, 2.24) is 20.1 Å². The van der Waals surface area contributed by atoms with E-state index in [1.807, 2.05) is 18.2 Å². The van der Waals surface area contributed by atoms with Gasteiger partial charge in [0, 0.05) is 11.6 Å². The van der Waals surface area contributed by atoms with E-state index < -0.39 is 12.2 Å². The normalized spacial score (nSPS) is 21.1. The summed E-state index contributed by atoms with van der Waals surface area (Å²) < 4.78 is 1.53. The van der Waals surface area contributed by atoms with Crippen molar-refractivity contribution >= 4 is 17.6 Å². The molecule has 2 aliphatic rings. The predicted molar refractivity (Wildman–Crippen MR) is 65.3 cm³/mol. The number of hydrogen-bond donors (Lipinski definition) is 3. The molecule has 18 heavy (non-hydrogen) atoms. The Morgan fingerprint density at radius 1 is 1.56 bits per heavy atom. The molecule has 92 valence electrons. The highest BCUT2D eigenvalue weighted by molar-refractivity contribution is 5.95. The molecule has 0 bridgehead atoms. The first-order valence-electron chi connectivity index (χ1n) is 5.51. The fourth-order valence-corrected chi connectivity index (χ4v) is 1.92. The standard InChI is InChI=1S/C11H12N6O/c12-9(18)7-5-8-15-10(6-3-1-2-4-6)16-17(8)11(13)14-7/h1-3,5,11,14H,4,13H2,(H2,12,18). The second kappa shape index (κ2) is 3.81. The van der Waals surface area contributed by atoms with Crippen molar-refractivity contribution in [3.05, 3.63) is 35.6 Å². The van der Waals surface area contributed by atoms with Gasteiger partial charge in [0.05, 0.1) is 0 Å². The summed E-state index contributed by atoms with van der Waals surface area (Å²) >= 11 is 0. The van der Waals surface area contributed by atoms with Crippen molar-refractivity contribution in [2.75, 3.05) is 0 Å². The van der Waals surface area contributed by atoms with Gasteiger partial charge in [-0.1, -0.05) is 18.2 Å². The average molecular weight is 244 g/mol. The van der Waals surface area contributed by atoms with E-state index in [1.165, 1.54) is 4.68 Å². The van der Waals surface area contributed by atoms with Gasteiger partial charge >= 0.3 is 0 Å². The Bertz CT molecular complexity index is 609. The SMILES string of the molecule is NC(=O)C1=Cc2nc(C3=CC=CC3)nn2C(N)N1.